The first-order valence-corrected chi connectivity index (χ1v) is 9.81. The number of aryl methyl sites for hydroxylation is 1. The van der Waals surface area contributed by atoms with Crippen molar-refractivity contribution in [1.82, 2.24) is 0 Å². The van der Waals surface area contributed by atoms with Crippen molar-refractivity contribution in [1.29, 1.82) is 5.26 Å². The Morgan fingerprint density at radius 3 is 2.96 bits per heavy atom. The number of benzene rings is 1. The van der Waals surface area contributed by atoms with Gasteiger partial charge in [0.05, 0.1) is 23.6 Å². The number of aliphatic imine (C=N–C) groups is 1. The molecule has 0 radical (unpaired) electrons. The van der Waals surface area contributed by atoms with Gasteiger partial charge in [-0.05, 0) is 24.6 Å². The van der Waals surface area contributed by atoms with Crippen LogP contribution in [0.5, 0.6) is 0 Å². The molecule has 3 rings (SSSR count). The molecule has 2 heterocycles. The maximum Gasteiger partial charge on any atom is 0.262 e. The number of sulfone groups is 1. The van der Waals surface area contributed by atoms with E-state index in [4.69, 9.17) is 5.26 Å². The highest BCUT2D eigenvalue weighted by molar-refractivity contribution is 8.16. The minimum absolute atomic E-state index is 0.0596. The van der Waals surface area contributed by atoms with Crippen molar-refractivity contribution in [3.05, 3.63) is 29.8 Å². The van der Waals surface area contributed by atoms with Gasteiger partial charge in [-0.15, -0.1) is 0 Å². The molecule has 0 N–H and O–H groups in total. The number of hydrogen-bond acceptors (Lipinski definition) is 5. The van der Waals surface area contributed by atoms with E-state index in [1.165, 1.54) is 11.8 Å². The smallest absolute Gasteiger partial charge is 0.262 e. The number of carbonyl (C=O) groups is 1. The minimum Gasteiger partial charge on any atom is -0.316 e. The molecule has 2 fully saturated rings. The lowest BCUT2D eigenvalue weighted by Gasteiger charge is -2.24. The highest BCUT2D eigenvalue weighted by atomic mass is 32.2. The molecule has 0 saturated carbocycles. The first kappa shape index (κ1) is 16.0. The maximum atomic E-state index is 11.9. The van der Waals surface area contributed by atoms with Gasteiger partial charge in [-0.3, -0.25) is 4.79 Å². The lowest BCUT2D eigenvalue weighted by Crippen LogP contribution is -2.37. The number of carbonyl (C=O) groups excluding carboxylic acids is 1. The second kappa shape index (κ2) is 5.98. The normalized spacial score (nSPS) is 27.0. The molecule has 2 aliphatic heterocycles. The lowest BCUT2D eigenvalue weighted by atomic mass is 10.1. The number of nitrogens with zero attached hydrogens (tertiary/aromatic N) is 3. The first-order chi connectivity index (χ1) is 10.9. The van der Waals surface area contributed by atoms with Crippen molar-refractivity contribution >= 4 is 38.4 Å². The molecular formula is C15H15N3O3S2. The Morgan fingerprint density at radius 2 is 2.26 bits per heavy atom. The van der Waals surface area contributed by atoms with E-state index >= 15 is 0 Å². The Morgan fingerprint density at radius 1 is 1.48 bits per heavy atom. The first-order valence-electron chi connectivity index (χ1n) is 7.11. The maximum absolute atomic E-state index is 11.9. The van der Waals surface area contributed by atoms with Crippen LogP contribution in [0.3, 0.4) is 0 Å². The molecule has 1 aromatic rings. The quantitative estimate of drug-likeness (QED) is 0.804. The molecule has 2 aliphatic rings. The van der Waals surface area contributed by atoms with Crippen LogP contribution in [0.15, 0.2) is 29.3 Å². The Labute approximate surface area is 139 Å². The molecule has 1 amide bonds. The number of anilines is 1. The van der Waals surface area contributed by atoms with Crippen molar-refractivity contribution in [3.8, 4) is 6.07 Å². The topological polar surface area (TPSA) is 90.6 Å². The lowest BCUT2D eigenvalue weighted by molar-refractivity contribution is -0.116. The van der Waals surface area contributed by atoms with Gasteiger partial charge in [-0.25, -0.2) is 8.42 Å². The van der Waals surface area contributed by atoms with Crippen LogP contribution >= 0.6 is 11.8 Å². The summed E-state index contributed by atoms with van der Waals surface area (Å²) in [4.78, 5) is 17.6. The zero-order valence-corrected chi connectivity index (χ0v) is 14.1. The Kier molecular flexibility index (Phi) is 4.17. The zero-order valence-electron chi connectivity index (χ0n) is 12.5. The molecule has 0 spiro atoms. The largest absolute Gasteiger partial charge is 0.316 e. The van der Waals surface area contributed by atoms with Gasteiger partial charge in [0.15, 0.2) is 15.0 Å². The average molecular weight is 349 g/mol. The van der Waals surface area contributed by atoms with Crippen molar-refractivity contribution in [3.63, 3.8) is 0 Å². The summed E-state index contributed by atoms with van der Waals surface area (Å²) in [6.45, 7) is 1.95. The van der Waals surface area contributed by atoms with Crippen molar-refractivity contribution in [2.45, 2.75) is 24.6 Å². The third-order valence-electron chi connectivity index (χ3n) is 3.80. The molecule has 0 aromatic heterocycles. The zero-order chi connectivity index (χ0) is 16.6. The van der Waals surface area contributed by atoms with Crippen LogP contribution in [0.2, 0.25) is 0 Å². The number of amidine groups is 1. The monoisotopic (exact) mass is 349 g/mol. The van der Waals surface area contributed by atoms with E-state index in [9.17, 15) is 13.2 Å². The van der Waals surface area contributed by atoms with Crippen LogP contribution < -0.4 is 4.90 Å². The van der Waals surface area contributed by atoms with E-state index in [0.717, 1.165) is 11.3 Å². The molecule has 8 heteroatoms. The number of nitriles is 1. The molecule has 6 nitrogen and oxygen atoms in total. The molecular weight excluding hydrogens is 334 g/mol. The fraction of sp³-hybridized carbons (Fsp3) is 0.400. The van der Waals surface area contributed by atoms with Crippen LogP contribution in [0.25, 0.3) is 0 Å². The van der Waals surface area contributed by atoms with Crippen LogP contribution in [0.1, 0.15) is 12.0 Å². The summed E-state index contributed by atoms with van der Waals surface area (Å²) < 4.78 is 23.9. The summed E-state index contributed by atoms with van der Waals surface area (Å²) in [5.41, 5.74) is 1.87. The SMILES string of the molecule is Cc1cccc(N2C(=NC(=O)CC#N)S[C@@H]3CS(=O)(=O)C[C@H]32)c1. The van der Waals surface area contributed by atoms with Gasteiger partial charge in [0.2, 0.25) is 0 Å². The van der Waals surface area contributed by atoms with E-state index < -0.39 is 15.7 Å². The van der Waals surface area contributed by atoms with Gasteiger partial charge in [0.1, 0.15) is 6.42 Å². The van der Waals surface area contributed by atoms with E-state index in [0.29, 0.717) is 5.17 Å². The van der Waals surface area contributed by atoms with Crippen LogP contribution in [-0.4, -0.2) is 42.3 Å². The van der Waals surface area contributed by atoms with Gasteiger partial charge in [0, 0.05) is 10.9 Å². The van der Waals surface area contributed by atoms with E-state index in [2.05, 4.69) is 4.99 Å². The summed E-state index contributed by atoms with van der Waals surface area (Å²) in [6.07, 6.45) is -0.278. The fourth-order valence-electron chi connectivity index (χ4n) is 2.86. The Balaban J connectivity index is 2.01. The van der Waals surface area contributed by atoms with Gasteiger partial charge in [-0.1, -0.05) is 23.9 Å². The minimum atomic E-state index is -3.07. The number of amides is 1. The summed E-state index contributed by atoms with van der Waals surface area (Å²) in [6, 6.07) is 9.23. The molecule has 120 valence electrons. The molecule has 23 heavy (non-hydrogen) atoms. The number of thioether (sulfide) groups is 1. The fourth-order valence-corrected chi connectivity index (χ4v) is 6.79. The van der Waals surface area contributed by atoms with Crippen molar-refractivity contribution < 1.29 is 13.2 Å². The second-order valence-electron chi connectivity index (χ2n) is 5.63. The number of fused-ring (bicyclic) bond motifs is 1. The predicted octanol–water partition coefficient (Wildman–Crippen LogP) is 1.51. The predicted molar refractivity (Wildman–Crippen MR) is 90.2 cm³/mol. The van der Waals surface area contributed by atoms with Gasteiger partial charge in [0.25, 0.3) is 5.91 Å². The molecule has 0 unspecified atom stereocenters. The highest BCUT2D eigenvalue weighted by Gasteiger charge is 2.49. The van der Waals surface area contributed by atoms with Crippen molar-refractivity contribution in [2.75, 3.05) is 16.4 Å². The molecule has 0 bridgehead atoms. The number of hydrogen-bond donors (Lipinski definition) is 0. The van der Waals surface area contributed by atoms with Crippen LogP contribution in [0.4, 0.5) is 5.69 Å². The highest BCUT2D eigenvalue weighted by Crippen LogP contribution is 2.41. The van der Waals surface area contributed by atoms with Crippen LogP contribution in [0, 0.1) is 18.3 Å². The molecule has 0 aliphatic carbocycles. The van der Waals surface area contributed by atoms with Crippen molar-refractivity contribution in [2.24, 2.45) is 4.99 Å². The third kappa shape index (κ3) is 3.26. The van der Waals surface area contributed by atoms with Gasteiger partial charge in [-0.2, -0.15) is 10.3 Å². The van der Waals surface area contributed by atoms with E-state index in [-0.39, 0.29) is 29.2 Å². The van der Waals surface area contributed by atoms with E-state index in [1.54, 1.807) is 6.07 Å². The second-order valence-corrected chi connectivity index (χ2v) is 8.99. The van der Waals surface area contributed by atoms with E-state index in [1.807, 2.05) is 36.1 Å². The summed E-state index contributed by atoms with van der Waals surface area (Å²) in [5, 5.41) is 8.98. The summed E-state index contributed by atoms with van der Waals surface area (Å²) in [5.74, 6) is -0.351. The summed E-state index contributed by atoms with van der Waals surface area (Å²) in [7, 11) is -3.07. The van der Waals surface area contributed by atoms with Crippen LogP contribution in [-0.2, 0) is 14.6 Å². The molecule has 1 aromatic carbocycles. The molecule has 2 saturated heterocycles. The Hall–Kier alpha value is -1.85. The van der Waals surface area contributed by atoms with Gasteiger partial charge < -0.3 is 4.90 Å². The molecule has 2 atom stereocenters. The average Bonchev–Trinajstić information content (AvgIpc) is 2.89. The van der Waals surface area contributed by atoms with Gasteiger partial charge >= 0.3 is 0 Å². The standard InChI is InChI=1S/C15H15N3O3S2/c1-10-3-2-4-11(7-10)18-12-8-23(20,21)9-13(12)22-15(18)17-14(19)5-6-16/h2-4,7,12-13H,5,8-9H2,1H3/t12-,13-/m1/s1. The number of rotatable bonds is 2. The third-order valence-corrected chi connectivity index (χ3v) is 7.01. The summed E-state index contributed by atoms with van der Waals surface area (Å²) >= 11 is 1.31. The Bertz CT molecular complexity index is 827.